The topological polar surface area (TPSA) is 69.6 Å². The van der Waals surface area contributed by atoms with Crippen molar-refractivity contribution in [1.29, 1.82) is 0 Å². The Labute approximate surface area is 138 Å². The summed E-state index contributed by atoms with van der Waals surface area (Å²) >= 11 is 0. The molecule has 0 bridgehead atoms. The fourth-order valence-electron chi connectivity index (χ4n) is 3.36. The van der Waals surface area contributed by atoms with Gasteiger partial charge in [-0.05, 0) is 43.1 Å². The minimum Gasteiger partial charge on any atom is -0.508 e. The fraction of sp³-hybridized carbons (Fsp3) is 0.632. The number of rotatable bonds is 4. The van der Waals surface area contributed by atoms with Crippen molar-refractivity contribution in [3.63, 3.8) is 0 Å². The third-order valence-electron chi connectivity index (χ3n) is 5.10. The molecule has 0 atom stereocenters. The number of amides is 1. The summed E-state index contributed by atoms with van der Waals surface area (Å²) < 4.78 is 0. The summed E-state index contributed by atoms with van der Waals surface area (Å²) in [5.74, 6) is 0.588. The lowest BCUT2D eigenvalue weighted by molar-refractivity contribution is -0.122. The second-order valence-corrected chi connectivity index (χ2v) is 7.95. The lowest BCUT2D eigenvalue weighted by Crippen LogP contribution is -2.46. The number of phenolic OH excluding ortho intramolecular Hbond substituents is 1. The highest BCUT2D eigenvalue weighted by atomic mass is 16.3. The summed E-state index contributed by atoms with van der Waals surface area (Å²) in [6.07, 6.45) is 3.58. The molecule has 0 heterocycles. The first-order chi connectivity index (χ1) is 10.7. The maximum atomic E-state index is 12.0. The summed E-state index contributed by atoms with van der Waals surface area (Å²) in [5, 5.41) is 23.2. The van der Waals surface area contributed by atoms with Crippen molar-refractivity contribution in [2.45, 2.75) is 58.5 Å². The van der Waals surface area contributed by atoms with Crippen LogP contribution >= 0.6 is 0 Å². The highest BCUT2D eigenvalue weighted by Gasteiger charge is 2.37. The molecule has 0 aromatic heterocycles. The maximum Gasteiger partial charge on any atom is 0.224 e. The SMILES string of the molecule is CC(C)(C)C1CCC(O)(CNC(=O)Cc2ccccc2O)CC1. The third kappa shape index (κ3) is 4.96. The van der Waals surface area contributed by atoms with Gasteiger partial charge >= 0.3 is 0 Å². The van der Waals surface area contributed by atoms with E-state index in [2.05, 4.69) is 26.1 Å². The van der Waals surface area contributed by atoms with E-state index in [4.69, 9.17) is 0 Å². The summed E-state index contributed by atoms with van der Waals surface area (Å²) in [4.78, 5) is 12.0. The van der Waals surface area contributed by atoms with Crippen LogP contribution in [-0.2, 0) is 11.2 Å². The molecular formula is C19H29NO3. The molecule has 2 rings (SSSR count). The molecule has 1 aromatic rings. The Morgan fingerprint density at radius 1 is 1.26 bits per heavy atom. The van der Waals surface area contributed by atoms with Crippen molar-refractivity contribution < 1.29 is 15.0 Å². The van der Waals surface area contributed by atoms with Gasteiger partial charge in [-0.1, -0.05) is 39.0 Å². The first kappa shape index (κ1) is 17.8. The molecule has 1 amide bonds. The minimum atomic E-state index is -0.795. The average Bonchev–Trinajstić information content (AvgIpc) is 2.47. The molecule has 4 heteroatoms. The van der Waals surface area contributed by atoms with Crippen molar-refractivity contribution in [2.75, 3.05) is 6.54 Å². The Hall–Kier alpha value is -1.55. The van der Waals surface area contributed by atoms with E-state index in [0.29, 0.717) is 11.5 Å². The molecule has 1 aliphatic rings. The van der Waals surface area contributed by atoms with Gasteiger partial charge in [0.15, 0.2) is 0 Å². The van der Waals surface area contributed by atoms with Gasteiger partial charge in [0, 0.05) is 12.1 Å². The number of hydrogen-bond donors (Lipinski definition) is 3. The van der Waals surface area contributed by atoms with Gasteiger partial charge in [-0.15, -0.1) is 0 Å². The molecular weight excluding hydrogens is 290 g/mol. The van der Waals surface area contributed by atoms with Crippen LogP contribution in [0.4, 0.5) is 0 Å². The zero-order chi connectivity index (χ0) is 17.1. The summed E-state index contributed by atoms with van der Waals surface area (Å²) in [5.41, 5.74) is 0.0828. The van der Waals surface area contributed by atoms with Crippen LogP contribution in [0.3, 0.4) is 0 Å². The number of para-hydroxylation sites is 1. The van der Waals surface area contributed by atoms with Crippen LogP contribution in [0.2, 0.25) is 0 Å². The van der Waals surface area contributed by atoms with Crippen LogP contribution in [0.15, 0.2) is 24.3 Å². The van der Waals surface area contributed by atoms with Gasteiger partial charge in [-0.25, -0.2) is 0 Å². The Morgan fingerprint density at radius 2 is 1.87 bits per heavy atom. The number of benzene rings is 1. The van der Waals surface area contributed by atoms with Crippen LogP contribution in [-0.4, -0.2) is 28.3 Å². The molecule has 3 N–H and O–H groups in total. The molecule has 1 saturated carbocycles. The number of carbonyl (C=O) groups is 1. The normalized spacial score (nSPS) is 25.1. The van der Waals surface area contributed by atoms with Gasteiger partial charge in [0.25, 0.3) is 0 Å². The Bertz CT molecular complexity index is 540. The molecule has 128 valence electrons. The number of aromatic hydroxyl groups is 1. The summed E-state index contributed by atoms with van der Waals surface area (Å²) in [6.45, 7) is 7.03. The monoisotopic (exact) mass is 319 g/mol. The van der Waals surface area contributed by atoms with Crippen LogP contribution < -0.4 is 5.32 Å². The highest BCUT2D eigenvalue weighted by Crippen LogP contribution is 2.41. The van der Waals surface area contributed by atoms with E-state index >= 15 is 0 Å². The van der Waals surface area contributed by atoms with Crippen molar-refractivity contribution >= 4 is 5.91 Å². The number of carbonyl (C=O) groups excluding carboxylic acids is 1. The lowest BCUT2D eigenvalue weighted by Gasteiger charge is -2.41. The molecule has 1 aliphatic carbocycles. The highest BCUT2D eigenvalue weighted by molar-refractivity contribution is 5.79. The third-order valence-corrected chi connectivity index (χ3v) is 5.10. The first-order valence-corrected chi connectivity index (χ1v) is 8.46. The van der Waals surface area contributed by atoms with Gasteiger partial charge < -0.3 is 15.5 Å². The largest absolute Gasteiger partial charge is 0.508 e. The summed E-state index contributed by atoms with van der Waals surface area (Å²) in [6, 6.07) is 6.83. The van der Waals surface area contributed by atoms with Crippen LogP contribution in [0.25, 0.3) is 0 Å². The Kier molecular flexibility index (Phi) is 5.35. The smallest absolute Gasteiger partial charge is 0.224 e. The average molecular weight is 319 g/mol. The maximum absolute atomic E-state index is 12.0. The fourth-order valence-corrected chi connectivity index (χ4v) is 3.36. The minimum absolute atomic E-state index is 0.132. The van der Waals surface area contributed by atoms with Crippen molar-refractivity contribution in [3.8, 4) is 5.75 Å². The van der Waals surface area contributed by atoms with E-state index in [-0.39, 0.29) is 30.0 Å². The van der Waals surface area contributed by atoms with Crippen LogP contribution in [0.1, 0.15) is 52.0 Å². The van der Waals surface area contributed by atoms with Crippen molar-refractivity contribution in [3.05, 3.63) is 29.8 Å². The second-order valence-electron chi connectivity index (χ2n) is 7.95. The molecule has 0 aliphatic heterocycles. The van der Waals surface area contributed by atoms with Crippen LogP contribution in [0.5, 0.6) is 5.75 Å². The van der Waals surface area contributed by atoms with Gasteiger partial charge in [0.05, 0.1) is 12.0 Å². The van der Waals surface area contributed by atoms with Crippen LogP contribution in [0, 0.1) is 11.3 Å². The number of hydrogen-bond acceptors (Lipinski definition) is 3. The van der Waals surface area contributed by atoms with Gasteiger partial charge in [0.2, 0.25) is 5.91 Å². The second kappa shape index (κ2) is 6.91. The molecule has 1 fully saturated rings. The van der Waals surface area contributed by atoms with Gasteiger partial charge in [-0.3, -0.25) is 4.79 Å². The lowest BCUT2D eigenvalue weighted by atomic mass is 9.68. The zero-order valence-electron chi connectivity index (χ0n) is 14.4. The summed E-state index contributed by atoms with van der Waals surface area (Å²) in [7, 11) is 0. The van der Waals surface area contributed by atoms with E-state index < -0.39 is 5.60 Å². The molecule has 23 heavy (non-hydrogen) atoms. The molecule has 0 radical (unpaired) electrons. The molecule has 0 unspecified atom stereocenters. The molecule has 1 aromatic carbocycles. The first-order valence-electron chi connectivity index (χ1n) is 8.46. The van der Waals surface area contributed by atoms with E-state index in [1.165, 1.54) is 0 Å². The van der Waals surface area contributed by atoms with E-state index in [1.54, 1.807) is 24.3 Å². The number of phenols is 1. The van der Waals surface area contributed by atoms with Crippen molar-refractivity contribution in [2.24, 2.45) is 11.3 Å². The molecule has 4 nitrogen and oxygen atoms in total. The standard InChI is InChI=1S/C19H29NO3/c1-18(2,3)15-8-10-19(23,11-9-15)13-20-17(22)12-14-6-4-5-7-16(14)21/h4-7,15,21,23H,8-13H2,1-3H3,(H,20,22). The number of aliphatic hydroxyl groups is 1. The van der Waals surface area contributed by atoms with E-state index in [1.807, 2.05) is 0 Å². The number of nitrogens with one attached hydrogen (secondary N) is 1. The van der Waals surface area contributed by atoms with E-state index in [0.717, 1.165) is 25.7 Å². The van der Waals surface area contributed by atoms with E-state index in [9.17, 15) is 15.0 Å². The zero-order valence-corrected chi connectivity index (χ0v) is 14.4. The quantitative estimate of drug-likeness (QED) is 0.799. The molecule has 0 saturated heterocycles. The van der Waals surface area contributed by atoms with Crippen molar-refractivity contribution in [1.82, 2.24) is 5.32 Å². The predicted octanol–water partition coefficient (Wildman–Crippen LogP) is 3.02. The van der Waals surface area contributed by atoms with Gasteiger partial charge in [0.1, 0.15) is 5.75 Å². The molecule has 0 spiro atoms. The predicted molar refractivity (Wildman–Crippen MR) is 91.2 cm³/mol. The Morgan fingerprint density at radius 3 is 2.43 bits per heavy atom. The van der Waals surface area contributed by atoms with Gasteiger partial charge in [-0.2, -0.15) is 0 Å². The Balaban J connectivity index is 1.82.